The number of methoxy groups -OCH3 is 1. The summed E-state index contributed by atoms with van der Waals surface area (Å²) in [5, 5.41) is 2.63. The van der Waals surface area contributed by atoms with Gasteiger partial charge in [0.1, 0.15) is 5.60 Å². The Bertz CT molecular complexity index is 728. The topological polar surface area (TPSA) is 175 Å². The van der Waals surface area contributed by atoms with E-state index < -0.39 is 11.7 Å². The predicted molar refractivity (Wildman–Crippen MR) is 181 cm³/mol. The lowest BCUT2D eigenvalue weighted by atomic mass is 10.2. The van der Waals surface area contributed by atoms with Gasteiger partial charge in [-0.05, 0) is 20.8 Å². The fourth-order valence-electron chi connectivity index (χ4n) is 3.32. The van der Waals surface area contributed by atoms with Crippen LogP contribution in [0.5, 0.6) is 0 Å². The molecule has 0 heterocycles. The van der Waals surface area contributed by atoms with E-state index in [-0.39, 0.29) is 12.4 Å². The average molecular weight is 732 g/mol. The Morgan fingerprint density at radius 1 is 0.400 bits per heavy atom. The molecule has 0 atom stereocenters. The molecule has 298 valence electrons. The summed E-state index contributed by atoms with van der Waals surface area (Å²) in [6, 6.07) is 0. The van der Waals surface area contributed by atoms with Crippen LogP contribution in [0, 0.1) is 0 Å². The number of esters is 1. The van der Waals surface area contributed by atoms with Crippen LogP contribution in [-0.2, 0) is 71.1 Å². The molecule has 17 nitrogen and oxygen atoms in total. The number of carbonyl (C=O) groups is 2. The fraction of sp³-hybridized carbons (Fsp3) is 0.939. The maximum Gasteiger partial charge on any atom is 0.407 e. The molecule has 0 bridgehead atoms. The summed E-state index contributed by atoms with van der Waals surface area (Å²) in [6.07, 6.45) is -0.216. The molecule has 0 aromatic carbocycles. The highest BCUT2D eigenvalue weighted by Gasteiger charge is 2.15. The Kier molecular flexibility index (Phi) is 37.2. The zero-order valence-corrected chi connectivity index (χ0v) is 30.9. The fourth-order valence-corrected chi connectivity index (χ4v) is 3.32. The second kappa shape index (κ2) is 38.5. The van der Waals surface area contributed by atoms with E-state index in [1.54, 1.807) is 0 Å². The van der Waals surface area contributed by atoms with Crippen molar-refractivity contribution in [1.82, 2.24) is 5.32 Å². The first-order valence-electron chi connectivity index (χ1n) is 17.3. The Balaban J connectivity index is 3.10. The standard InChI is InChI=1S/C33H65NO16/c1-33(2,3)50-32(36)34-6-8-39-10-12-41-14-16-43-18-20-45-22-24-47-26-28-49-30-29-48-27-25-46-23-21-44-19-17-42-15-13-40-11-9-38-7-5-31(35)37-4/h5-30H2,1-4H3,(H,34,36). The number of hydrogen-bond donors (Lipinski definition) is 1. The van der Waals surface area contributed by atoms with Crippen molar-refractivity contribution in [3.8, 4) is 0 Å². The molecule has 0 radical (unpaired) electrons. The van der Waals surface area contributed by atoms with Gasteiger partial charge in [-0.25, -0.2) is 4.79 Å². The van der Waals surface area contributed by atoms with Gasteiger partial charge in [0, 0.05) is 6.54 Å². The summed E-state index contributed by atoms with van der Waals surface area (Å²) in [4.78, 5) is 22.4. The SMILES string of the molecule is COC(=O)CCOCCOCCOCCOCCOCCOCCOCCOCCOCCOCCOCCOCCNC(=O)OC(C)(C)C. The van der Waals surface area contributed by atoms with Crippen molar-refractivity contribution in [2.24, 2.45) is 0 Å². The number of rotatable bonds is 39. The summed E-state index contributed by atoms with van der Waals surface area (Å²) < 4.78 is 74.8. The number of carbonyl (C=O) groups excluding carboxylic acids is 2. The second-order valence-corrected chi connectivity index (χ2v) is 11.1. The van der Waals surface area contributed by atoms with E-state index in [0.29, 0.717) is 165 Å². The highest BCUT2D eigenvalue weighted by atomic mass is 16.6. The normalized spacial score (nSPS) is 11.6. The molecule has 1 N–H and O–H groups in total. The second-order valence-electron chi connectivity index (χ2n) is 11.1. The van der Waals surface area contributed by atoms with Crippen LogP contribution in [0.2, 0.25) is 0 Å². The summed E-state index contributed by atoms with van der Waals surface area (Å²) >= 11 is 0. The van der Waals surface area contributed by atoms with Crippen molar-refractivity contribution in [1.29, 1.82) is 0 Å². The number of hydrogen-bond acceptors (Lipinski definition) is 16. The highest BCUT2D eigenvalue weighted by molar-refractivity contribution is 5.69. The van der Waals surface area contributed by atoms with Gasteiger partial charge < -0.3 is 71.6 Å². The van der Waals surface area contributed by atoms with Crippen molar-refractivity contribution in [3.05, 3.63) is 0 Å². The first-order chi connectivity index (χ1) is 24.3. The molecule has 0 spiro atoms. The lowest BCUT2D eigenvalue weighted by molar-refractivity contribution is -0.141. The average Bonchev–Trinajstić information content (AvgIpc) is 3.08. The summed E-state index contributed by atoms with van der Waals surface area (Å²) in [7, 11) is 1.35. The molecule has 17 heteroatoms. The van der Waals surface area contributed by atoms with E-state index in [4.69, 9.17) is 61.6 Å². The highest BCUT2D eigenvalue weighted by Crippen LogP contribution is 2.06. The maximum atomic E-state index is 11.5. The zero-order chi connectivity index (χ0) is 36.6. The van der Waals surface area contributed by atoms with Gasteiger partial charge in [-0.3, -0.25) is 4.79 Å². The Labute approximate surface area is 298 Å². The van der Waals surface area contributed by atoms with Crippen molar-refractivity contribution < 1.29 is 75.9 Å². The Morgan fingerprint density at radius 2 is 0.640 bits per heavy atom. The van der Waals surface area contributed by atoms with Crippen molar-refractivity contribution in [2.45, 2.75) is 32.8 Å². The number of ether oxygens (including phenoxy) is 14. The van der Waals surface area contributed by atoms with Crippen LogP contribution in [0.25, 0.3) is 0 Å². The lowest BCUT2D eigenvalue weighted by Crippen LogP contribution is -2.34. The van der Waals surface area contributed by atoms with E-state index in [0.717, 1.165) is 0 Å². The van der Waals surface area contributed by atoms with Crippen LogP contribution in [0.4, 0.5) is 4.79 Å². The van der Waals surface area contributed by atoms with Crippen LogP contribution < -0.4 is 5.32 Å². The first-order valence-corrected chi connectivity index (χ1v) is 17.3. The minimum atomic E-state index is -0.515. The van der Waals surface area contributed by atoms with E-state index in [2.05, 4.69) is 10.1 Å². The number of nitrogens with one attached hydrogen (secondary N) is 1. The molecule has 0 aliphatic carbocycles. The van der Waals surface area contributed by atoms with E-state index in [9.17, 15) is 9.59 Å². The van der Waals surface area contributed by atoms with Crippen LogP contribution in [-0.4, -0.2) is 190 Å². The Hall–Kier alpha value is -1.74. The smallest absolute Gasteiger partial charge is 0.407 e. The van der Waals surface area contributed by atoms with E-state index in [1.165, 1.54) is 7.11 Å². The molecule has 0 aromatic heterocycles. The van der Waals surface area contributed by atoms with Gasteiger partial charge in [-0.1, -0.05) is 0 Å². The summed E-state index contributed by atoms with van der Waals surface area (Å²) in [6.45, 7) is 16.9. The molecule has 0 aliphatic heterocycles. The van der Waals surface area contributed by atoms with Crippen LogP contribution in [0.15, 0.2) is 0 Å². The monoisotopic (exact) mass is 731 g/mol. The minimum Gasteiger partial charge on any atom is -0.469 e. The van der Waals surface area contributed by atoms with Gasteiger partial charge in [0.25, 0.3) is 0 Å². The van der Waals surface area contributed by atoms with Crippen LogP contribution in [0.3, 0.4) is 0 Å². The van der Waals surface area contributed by atoms with Gasteiger partial charge in [-0.15, -0.1) is 0 Å². The molecular weight excluding hydrogens is 666 g/mol. The predicted octanol–water partition coefficient (Wildman–Crippen LogP) is 1.27. The van der Waals surface area contributed by atoms with E-state index in [1.807, 2.05) is 20.8 Å². The molecule has 0 fully saturated rings. The number of amides is 1. The molecule has 0 aromatic rings. The molecule has 0 aliphatic rings. The zero-order valence-electron chi connectivity index (χ0n) is 30.9. The third-order valence-corrected chi connectivity index (χ3v) is 5.68. The number of alkyl carbamates (subject to hydrolysis) is 1. The van der Waals surface area contributed by atoms with Gasteiger partial charge >= 0.3 is 12.1 Å². The van der Waals surface area contributed by atoms with Crippen LogP contribution >= 0.6 is 0 Å². The Morgan fingerprint density at radius 3 is 0.880 bits per heavy atom. The van der Waals surface area contributed by atoms with Gasteiger partial charge in [0.15, 0.2) is 0 Å². The van der Waals surface area contributed by atoms with E-state index >= 15 is 0 Å². The van der Waals surface area contributed by atoms with Crippen molar-refractivity contribution >= 4 is 12.1 Å². The minimum absolute atomic E-state index is 0.240. The lowest BCUT2D eigenvalue weighted by Gasteiger charge is -2.19. The molecule has 50 heavy (non-hydrogen) atoms. The molecule has 0 rings (SSSR count). The maximum absolute atomic E-state index is 11.5. The largest absolute Gasteiger partial charge is 0.469 e. The first kappa shape index (κ1) is 48.3. The van der Waals surface area contributed by atoms with Gasteiger partial charge in [0.2, 0.25) is 0 Å². The molecule has 0 unspecified atom stereocenters. The molecule has 0 saturated carbocycles. The molecule has 0 saturated heterocycles. The summed E-state index contributed by atoms with van der Waals surface area (Å²) in [5.41, 5.74) is -0.515. The third kappa shape index (κ3) is 42.4. The molecular formula is C33H65NO16. The quantitative estimate of drug-likeness (QED) is 0.0706. The van der Waals surface area contributed by atoms with Crippen molar-refractivity contribution in [3.63, 3.8) is 0 Å². The van der Waals surface area contributed by atoms with Gasteiger partial charge in [0.05, 0.1) is 172 Å². The van der Waals surface area contributed by atoms with Crippen LogP contribution in [0.1, 0.15) is 27.2 Å². The molecule has 1 amide bonds. The third-order valence-electron chi connectivity index (χ3n) is 5.68. The summed E-state index contributed by atoms with van der Waals surface area (Å²) in [5.74, 6) is -0.290. The van der Waals surface area contributed by atoms with Gasteiger partial charge in [-0.2, -0.15) is 0 Å². The van der Waals surface area contributed by atoms with Crippen molar-refractivity contribution in [2.75, 3.05) is 172 Å².